The summed E-state index contributed by atoms with van der Waals surface area (Å²) in [6.07, 6.45) is 0. The molecule has 0 spiro atoms. The summed E-state index contributed by atoms with van der Waals surface area (Å²) in [5.41, 5.74) is 10.6. The summed E-state index contributed by atoms with van der Waals surface area (Å²) in [4.78, 5) is 9.98. The molecule has 28 heavy (non-hydrogen) atoms. The zero-order valence-electron chi connectivity index (χ0n) is 16.8. The molecule has 0 bridgehead atoms. The molecule has 1 aromatic heterocycles. The number of aromatic nitrogens is 2. The van der Waals surface area contributed by atoms with Gasteiger partial charge in [0.2, 0.25) is 0 Å². The molecule has 3 aromatic carbocycles. The van der Waals surface area contributed by atoms with Gasteiger partial charge in [0.25, 0.3) is 0 Å². The Morgan fingerprint density at radius 3 is 2.11 bits per heavy atom. The van der Waals surface area contributed by atoms with Crippen LogP contribution < -0.4 is 0 Å². The van der Waals surface area contributed by atoms with Gasteiger partial charge in [-0.1, -0.05) is 76.2 Å². The maximum atomic E-state index is 5.03. The van der Waals surface area contributed by atoms with Gasteiger partial charge in [-0.15, -0.1) is 0 Å². The highest BCUT2D eigenvalue weighted by Gasteiger charge is 2.35. The Morgan fingerprint density at radius 1 is 0.714 bits per heavy atom. The second-order valence-electron chi connectivity index (χ2n) is 8.53. The largest absolute Gasteiger partial charge is 0.249 e. The number of fused-ring (bicyclic) bond motifs is 4. The van der Waals surface area contributed by atoms with Crippen LogP contribution in [-0.4, -0.2) is 9.97 Å². The van der Waals surface area contributed by atoms with E-state index in [4.69, 9.17) is 9.97 Å². The molecule has 0 N–H and O–H groups in total. The van der Waals surface area contributed by atoms with Crippen molar-refractivity contribution < 1.29 is 0 Å². The lowest BCUT2D eigenvalue weighted by molar-refractivity contribution is 0.660. The van der Waals surface area contributed by atoms with Gasteiger partial charge >= 0.3 is 0 Å². The average molecular weight is 364 g/mol. The fourth-order valence-electron chi connectivity index (χ4n) is 4.48. The Kier molecular flexibility index (Phi) is 3.67. The standard InChI is InChI=1S/C26H24N2/c1-16(2)24-25(28-23-12-8-7-11-22(23)27-24)17-13-14-19-18-9-5-6-10-20(18)26(3,4)21(19)15-17/h5-16H,1-4H3. The van der Waals surface area contributed by atoms with Crippen LogP contribution in [-0.2, 0) is 5.41 Å². The van der Waals surface area contributed by atoms with E-state index < -0.39 is 0 Å². The molecule has 0 radical (unpaired) electrons. The van der Waals surface area contributed by atoms with Gasteiger partial charge in [0.15, 0.2) is 0 Å². The molecule has 138 valence electrons. The van der Waals surface area contributed by atoms with Crippen molar-refractivity contribution in [2.45, 2.75) is 39.0 Å². The van der Waals surface area contributed by atoms with Crippen LogP contribution in [0.3, 0.4) is 0 Å². The normalized spacial score (nSPS) is 14.3. The molecule has 2 nitrogen and oxygen atoms in total. The molecule has 0 aliphatic heterocycles. The Balaban J connectivity index is 1.75. The Hall–Kier alpha value is -3.00. The molecule has 4 aromatic rings. The second-order valence-corrected chi connectivity index (χ2v) is 8.53. The van der Waals surface area contributed by atoms with E-state index in [1.165, 1.54) is 22.3 Å². The number of benzene rings is 3. The van der Waals surface area contributed by atoms with E-state index in [9.17, 15) is 0 Å². The van der Waals surface area contributed by atoms with Crippen molar-refractivity contribution in [1.82, 2.24) is 9.97 Å². The maximum Gasteiger partial charge on any atom is 0.0927 e. The second kappa shape index (κ2) is 6.00. The van der Waals surface area contributed by atoms with Crippen molar-refractivity contribution in [3.63, 3.8) is 0 Å². The molecule has 0 saturated heterocycles. The molecular weight excluding hydrogens is 340 g/mol. The van der Waals surface area contributed by atoms with Crippen LogP contribution in [0.5, 0.6) is 0 Å². The summed E-state index contributed by atoms with van der Waals surface area (Å²) in [6, 6.07) is 23.7. The van der Waals surface area contributed by atoms with Crippen molar-refractivity contribution in [1.29, 1.82) is 0 Å². The van der Waals surface area contributed by atoms with E-state index >= 15 is 0 Å². The number of nitrogens with zero attached hydrogens (tertiary/aromatic N) is 2. The monoisotopic (exact) mass is 364 g/mol. The third-order valence-corrected chi connectivity index (χ3v) is 6.00. The van der Waals surface area contributed by atoms with E-state index in [-0.39, 0.29) is 5.41 Å². The Morgan fingerprint density at radius 2 is 1.36 bits per heavy atom. The lowest BCUT2D eigenvalue weighted by Gasteiger charge is -2.22. The number of para-hydroxylation sites is 2. The lowest BCUT2D eigenvalue weighted by Crippen LogP contribution is -2.15. The van der Waals surface area contributed by atoms with E-state index in [2.05, 4.69) is 70.2 Å². The minimum Gasteiger partial charge on any atom is -0.249 e. The smallest absolute Gasteiger partial charge is 0.0927 e. The molecule has 0 unspecified atom stereocenters. The summed E-state index contributed by atoms with van der Waals surface area (Å²) in [5, 5.41) is 0. The van der Waals surface area contributed by atoms with Crippen LogP contribution in [0.25, 0.3) is 33.4 Å². The summed E-state index contributed by atoms with van der Waals surface area (Å²) in [5.74, 6) is 0.311. The first-order valence-electron chi connectivity index (χ1n) is 9.98. The van der Waals surface area contributed by atoms with Gasteiger partial charge in [-0.05, 0) is 46.4 Å². The van der Waals surface area contributed by atoms with Gasteiger partial charge in [0, 0.05) is 11.0 Å². The van der Waals surface area contributed by atoms with Gasteiger partial charge in [0.1, 0.15) is 0 Å². The lowest BCUT2D eigenvalue weighted by atomic mass is 9.81. The van der Waals surface area contributed by atoms with Crippen LogP contribution in [0.4, 0.5) is 0 Å². The molecule has 0 fully saturated rings. The number of rotatable bonds is 2. The third-order valence-electron chi connectivity index (χ3n) is 6.00. The zero-order valence-corrected chi connectivity index (χ0v) is 16.8. The van der Waals surface area contributed by atoms with E-state index in [1.54, 1.807) is 0 Å². The predicted molar refractivity (Wildman–Crippen MR) is 117 cm³/mol. The Labute approximate surface area is 166 Å². The topological polar surface area (TPSA) is 25.8 Å². The van der Waals surface area contributed by atoms with Crippen molar-refractivity contribution in [2.24, 2.45) is 0 Å². The van der Waals surface area contributed by atoms with Gasteiger partial charge < -0.3 is 0 Å². The quantitative estimate of drug-likeness (QED) is 0.394. The fraction of sp³-hybridized carbons (Fsp3) is 0.231. The van der Waals surface area contributed by atoms with Gasteiger partial charge in [-0.2, -0.15) is 0 Å². The van der Waals surface area contributed by atoms with Crippen molar-refractivity contribution in [3.8, 4) is 22.4 Å². The van der Waals surface area contributed by atoms with Crippen molar-refractivity contribution in [3.05, 3.63) is 83.6 Å². The van der Waals surface area contributed by atoms with Crippen molar-refractivity contribution in [2.75, 3.05) is 0 Å². The maximum absolute atomic E-state index is 5.03. The molecule has 0 saturated carbocycles. The zero-order chi connectivity index (χ0) is 19.5. The minimum absolute atomic E-state index is 0.00971. The molecule has 1 aliphatic rings. The first-order valence-corrected chi connectivity index (χ1v) is 9.98. The van der Waals surface area contributed by atoms with Crippen LogP contribution in [0.1, 0.15) is 50.4 Å². The molecular formula is C26H24N2. The summed E-state index contributed by atoms with van der Waals surface area (Å²) in [7, 11) is 0. The van der Waals surface area contributed by atoms with Gasteiger partial charge in [-0.3, -0.25) is 0 Å². The molecule has 5 rings (SSSR count). The average Bonchev–Trinajstić information content (AvgIpc) is 2.94. The van der Waals surface area contributed by atoms with Gasteiger partial charge in [0.05, 0.1) is 22.4 Å². The van der Waals surface area contributed by atoms with Crippen LogP contribution >= 0.6 is 0 Å². The molecule has 1 heterocycles. The van der Waals surface area contributed by atoms with Crippen LogP contribution in [0.15, 0.2) is 66.7 Å². The molecule has 0 amide bonds. The first kappa shape index (κ1) is 17.1. The van der Waals surface area contributed by atoms with Crippen LogP contribution in [0, 0.1) is 0 Å². The highest BCUT2D eigenvalue weighted by Crippen LogP contribution is 2.49. The fourth-order valence-corrected chi connectivity index (χ4v) is 4.48. The Bertz CT molecular complexity index is 1220. The van der Waals surface area contributed by atoms with Gasteiger partial charge in [-0.25, -0.2) is 9.97 Å². The first-order chi connectivity index (χ1) is 13.5. The van der Waals surface area contributed by atoms with Crippen LogP contribution in [0.2, 0.25) is 0 Å². The number of hydrogen-bond donors (Lipinski definition) is 0. The summed E-state index contributed by atoms with van der Waals surface area (Å²) >= 11 is 0. The minimum atomic E-state index is -0.00971. The summed E-state index contributed by atoms with van der Waals surface area (Å²) < 4.78 is 0. The molecule has 2 heteroatoms. The highest BCUT2D eigenvalue weighted by molar-refractivity contribution is 5.84. The van der Waals surface area contributed by atoms with E-state index in [1.807, 2.05) is 24.3 Å². The number of hydrogen-bond acceptors (Lipinski definition) is 2. The molecule has 1 aliphatic carbocycles. The highest BCUT2D eigenvalue weighted by atomic mass is 14.8. The molecule has 0 atom stereocenters. The van der Waals surface area contributed by atoms with Crippen molar-refractivity contribution >= 4 is 11.0 Å². The summed E-state index contributed by atoms with van der Waals surface area (Å²) in [6.45, 7) is 9.01. The third kappa shape index (κ3) is 2.41. The van der Waals surface area contributed by atoms with E-state index in [0.29, 0.717) is 5.92 Å². The predicted octanol–water partition coefficient (Wildman–Crippen LogP) is 6.73. The SMILES string of the molecule is CC(C)c1nc2ccccc2nc1-c1ccc2c(c1)C(C)(C)c1ccccc1-2. The van der Waals surface area contributed by atoms with E-state index in [0.717, 1.165) is 28.0 Å².